The lowest BCUT2D eigenvalue weighted by Gasteiger charge is -2.52. The van der Waals surface area contributed by atoms with Crippen molar-refractivity contribution < 1.29 is 14.6 Å². The van der Waals surface area contributed by atoms with Crippen LogP contribution in [0.15, 0.2) is 48.5 Å². The van der Waals surface area contributed by atoms with Gasteiger partial charge in [0.1, 0.15) is 5.75 Å². The quantitative estimate of drug-likeness (QED) is 0.573. The van der Waals surface area contributed by atoms with Crippen LogP contribution in [0.3, 0.4) is 0 Å². The fourth-order valence-corrected chi connectivity index (χ4v) is 7.58. The van der Waals surface area contributed by atoms with E-state index in [1.54, 1.807) is 12.1 Å². The van der Waals surface area contributed by atoms with Gasteiger partial charge in [-0.2, -0.15) is 0 Å². The lowest BCUT2D eigenvalue weighted by Crippen LogP contribution is -2.47. The highest BCUT2D eigenvalue weighted by Gasteiger charge is 2.76. The van der Waals surface area contributed by atoms with E-state index < -0.39 is 0 Å². The Morgan fingerprint density at radius 3 is 2.79 bits per heavy atom. The van der Waals surface area contributed by atoms with E-state index >= 15 is 0 Å². The van der Waals surface area contributed by atoms with Crippen molar-refractivity contribution in [3.8, 4) is 5.75 Å². The molecule has 4 aliphatic carbocycles. The Kier molecular flexibility index (Phi) is 3.63. The molecule has 3 saturated carbocycles. The molecular weight excluding hydrogens is 360 g/mol. The summed E-state index contributed by atoms with van der Waals surface area (Å²) < 4.78 is 5.66. The number of ether oxygens (including phenoxy) is 1. The topological polar surface area (TPSA) is 46.5 Å². The zero-order valence-electron chi connectivity index (χ0n) is 16.9. The first-order valence-electron chi connectivity index (χ1n) is 11.1. The summed E-state index contributed by atoms with van der Waals surface area (Å²) in [7, 11) is 0. The molecule has 1 spiro atoms. The number of aliphatic hydroxyl groups excluding tert-OH is 1. The maximum atomic E-state index is 12.4. The highest BCUT2D eigenvalue weighted by molar-refractivity contribution is 5.91. The molecule has 0 saturated heterocycles. The van der Waals surface area contributed by atoms with Crippen molar-refractivity contribution in [2.24, 2.45) is 22.7 Å². The molecule has 6 atom stereocenters. The summed E-state index contributed by atoms with van der Waals surface area (Å²) in [5.41, 5.74) is 3.90. The van der Waals surface area contributed by atoms with Crippen molar-refractivity contribution in [2.45, 2.75) is 57.5 Å². The minimum absolute atomic E-state index is 0.108. The number of rotatable bonds is 2. The second kappa shape index (κ2) is 5.95. The average Bonchev–Trinajstić information content (AvgIpc) is 3.40. The largest absolute Gasteiger partial charge is 0.423 e. The first kappa shape index (κ1) is 17.7. The number of carbonyl (C=O) groups excluding carboxylic acids is 1. The third-order valence-electron chi connectivity index (χ3n) is 9.04. The predicted octanol–water partition coefficient (Wildman–Crippen LogP) is 5.12. The number of carbonyl (C=O) groups is 1. The second-order valence-corrected chi connectivity index (χ2v) is 10.0. The molecule has 6 rings (SSSR count). The summed E-state index contributed by atoms with van der Waals surface area (Å²) in [5, 5.41) is 10.7. The number of esters is 1. The van der Waals surface area contributed by atoms with Crippen molar-refractivity contribution in [1.82, 2.24) is 0 Å². The zero-order valence-corrected chi connectivity index (χ0v) is 16.9. The van der Waals surface area contributed by atoms with Gasteiger partial charge >= 0.3 is 5.97 Å². The van der Waals surface area contributed by atoms with E-state index in [1.807, 2.05) is 24.3 Å². The van der Waals surface area contributed by atoms with Crippen LogP contribution in [0.5, 0.6) is 5.75 Å². The number of benzene rings is 2. The van der Waals surface area contributed by atoms with Crippen LogP contribution in [-0.2, 0) is 6.42 Å². The molecule has 2 aromatic rings. The second-order valence-electron chi connectivity index (χ2n) is 10.0. The van der Waals surface area contributed by atoms with Gasteiger partial charge in [-0.1, -0.05) is 31.2 Å². The van der Waals surface area contributed by atoms with Gasteiger partial charge in [0.15, 0.2) is 0 Å². The molecule has 1 N–H and O–H groups in total. The lowest BCUT2D eigenvalue weighted by atomic mass is 9.52. The van der Waals surface area contributed by atoms with Crippen LogP contribution in [-0.4, -0.2) is 17.2 Å². The molecule has 0 bridgehead atoms. The van der Waals surface area contributed by atoms with E-state index in [-0.39, 0.29) is 17.5 Å². The van der Waals surface area contributed by atoms with Gasteiger partial charge in [-0.15, -0.1) is 0 Å². The molecule has 3 heteroatoms. The fraction of sp³-hybridized carbons (Fsp3) is 0.500. The molecule has 0 aromatic heterocycles. The van der Waals surface area contributed by atoms with E-state index in [0.29, 0.717) is 28.6 Å². The van der Waals surface area contributed by atoms with E-state index in [2.05, 4.69) is 19.1 Å². The highest BCUT2D eigenvalue weighted by Crippen LogP contribution is 2.81. The van der Waals surface area contributed by atoms with E-state index in [4.69, 9.17) is 4.74 Å². The monoisotopic (exact) mass is 388 g/mol. The van der Waals surface area contributed by atoms with Crippen LogP contribution in [0, 0.1) is 22.7 Å². The Morgan fingerprint density at radius 2 is 1.97 bits per heavy atom. The minimum atomic E-state index is -0.299. The van der Waals surface area contributed by atoms with Gasteiger partial charge in [-0.25, -0.2) is 4.79 Å². The maximum absolute atomic E-state index is 12.4. The van der Waals surface area contributed by atoms with Crippen LogP contribution in [0.4, 0.5) is 0 Å². The van der Waals surface area contributed by atoms with E-state index in [9.17, 15) is 9.90 Å². The number of hydrogen-bond donors (Lipinski definition) is 1. The Hall–Kier alpha value is -2.13. The van der Waals surface area contributed by atoms with Gasteiger partial charge in [0, 0.05) is 0 Å². The van der Waals surface area contributed by atoms with Crippen LogP contribution in [0.1, 0.15) is 66.4 Å². The summed E-state index contributed by atoms with van der Waals surface area (Å²) in [6.07, 6.45) is 6.78. The van der Waals surface area contributed by atoms with Gasteiger partial charge in [-0.05, 0) is 103 Å². The number of aryl methyl sites for hydroxylation is 1. The van der Waals surface area contributed by atoms with Crippen molar-refractivity contribution in [3.05, 3.63) is 65.2 Å². The molecule has 0 aliphatic heterocycles. The summed E-state index contributed by atoms with van der Waals surface area (Å²) >= 11 is 0. The van der Waals surface area contributed by atoms with Gasteiger partial charge < -0.3 is 9.84 Å². The van der Waals surface area contributed by atoms with Crippen molar-refractivity contribution in [1.29, 1.82) is 0 Å². The maximum Gasteiger partial charge on any atom is 0.343 e. The van der Waals surface area contributed by atoms with Crippen LogP contribution >= 0.6 is 0 Å². The fourth-order valence-electron chi connectivity index (χ4n) is 7.58. The molecule has 0 amide bonds. The zero-order chi connectivity index (χ0) is 19.8. The lowest BCUT2D eigenvalue weighted by molar-refractivity contribution is -0.0558. The Bertz CT molecular complexity index is 983. The Labute approximate surface area is 172 Å². The van der Waals surface area contributed by atoms with Crippen molar-refractivity contribution in [2.75, 3.05) is 0 Å². The molecule has 2 aromatic carbocycles. The van der Waals surface area contributed by atoms with Crippen molar-refractivity contribution in [3.63, 3.8) is 0 Å². The first-order valence-corrected chi connectivity index (χ1v) is 11.1. The normalized spacial score (nSPS) is 39.0. The van der Waals surface area contributed by atoms with Crippen LogP contribution in [0.25, 0.3) is 0 Å². The summed E-state index contributed by atoms with van der Waals surface area (Å²) in [6.45, 7) is 2.36. The molecule has 3 fully saturated rings. The van der Waals surface area contributed by atoms with Crippen molar-refractivity contribution >= 4 is 5.97 Å². The number of aliphatic hydroxyl groups is 1. The van der Waals surface area contributed by atoms with Gasteiger partial charge in [0.05, 0.1) is 11.7 Å². The Balaban J connectivity index is 1.27. The third kappa shape index (κ3) is 2.31. The predicted molar refractivity (Wildman–Crippen MR) is 111 cm³/mol. The van der Waals surface area contributed by atoms with Gasteiger partial charge in [-0.3, -0.25) is 0 Å². The standard InChI is InChI=1S/C26H28O3/c1-25-12-11-21-20-9-8-19(29-24(28)16-5-3-2-4-6-16)13-17(20)7-10-22(21)26(25)15-18(26)14-23(25)27/h2-6,8-9,13,18,21-23,27H,7,10-12,14-15H2,1H3/t18?,21-,22-,23+,25-,26+/m1/s1. The minimum Gasteiger partial charge on any atom is -0.423 e. The number of fused-ring (bicyclic) bond motifs is 3. The summed E-state index contributed by atoms with van der Waals surface area (Å²) in [5.74, 6) is 2.39. The molecule has 0 radical (unpaired) electrons. The summed E-state index contributed by atoms with van der Waals surface area (Å²) in [6, 6.07) is 15.4. The third-order valence-corrected chi connectivity index (χ3v) is 9.04. The average molecular weight is 389 g/mol. The van der Waals surface area contributed by atoms with Crippen LogP contribution < -0.4 is 4.74 Å². The van der Waals surface area contributed by atoms with Gasteiger partial charge in [0.2, 0.25) is 0 Å². The molecule has 1 unspecified atom stereocenters. The molecule has 3 nitrogen and oxygen atoms in total. The first-order chi connectivity index (χ1) is 14.0. The molecule has 29 heavy (non-hydrogen) atoms. The smallest absolute Gasteiger partial charge is 0.343 e. The van der Waals surface area contributed by atoms with E-state index in [1.165, 1.54) is 30.4 Å². The SMILES string of the molecule is C[C@]12CC[C@@H]3c4ccc(OC(=O)c5ccccc5)cc4CC[C@H]3[C@@]13CC3C[C@@H]2O. The molecule has 0 heterocycles. The molecular formula is C26H28O3. The van der Waals surface area contributed by atoms with Crippen LogP contribution in [0.2, 0.25) is 0 Å². The highest BCUT2D eigenvalue weighted by atomic mass is 16.5. The van der Waals surface area contributed by atoms with Gasteiger partial charge in [0.25, 0.3) is 0 Å². The molecule has 4 aliphatic rings. The molecule has 150 valence electrons. The summed E-state index contributed by atoms with van der Waals surface area (Å²) in [4.78, 5) is 12.4. The van der Waals surface area contributed by atoms with E-state index in [0.717, 1.165) is 25.2 Å². The Morgan fingerprint density at radius 1 is 1.14 bits per heavy atom. The number of hydrogen-bond acceptors (Lipinski definition) is 3.